The van der Waals surface area contributed by atoms with Gasteiger partial charge in [0.15, 0.2) is 0 Å². The van der Waals surface area contributed by atoms with Crippen LogP contribution in [0.4, 0.5) is 0 Å². The van der Waals surface area contributed by atoms with Crippen LogP contribution < -0.4 is 5.32 Å². The number of ether oxygens (including phenoxy) is 1. The van der Waals surface area contributed by atoms with Gasteiger partial charge in [-0.1, -0.05) is 18.2 Å². The molecule has 0 atom stereocenters. The number of hydrogen-bond acceptors (Lipinski definition) is 2. The molecule has 0 saturated carbocycles. The van der Waals surface area contributed by atoms with E-state index in [0.29, 0.717) is 19.6 Å². The van der Waals surface area contributed by atoms with Crippen molar-refractivity contribution in [3.05, 3.63) is 35.5 Å². The molecule has 4 nitrogen and oxygen atoms in total. The molecule has 0 fully saturated rings. The molecule has 1 aromatic heterocycles. The van der Waals surface area contributed by atoms with E-state index in [1.807, 2.05) is 31.2 Å². The summed E-state index contributed by atoms with van der Waals surface area (Å²) in [5.74, 6) is 0.0277. The molecular weight excluding hydrogens is 228 g/mol. The molecule has 0 unspecified atom stereocenters. The van der Waals surface area contributed by atoms with Gasteiger partial charge in [0.25, 0.3) is 0 Å². The number of fused-ring (bicyclic) bond motifs is 1. The van der Waals surface area contributed by atoms with Gasteiger partial charge in [0.05, 0.1) is 13.0 Å². The molecule has 0 aliphatic rings. The molecular formula is C14H18N2O2. The highest BCUT2D eigenvalue weighted by Gasteiger charge is 2.11. The molecule has 0 radical (unpaired) electrons. The van der Waals surface area contributed by atoms with Crippen LogP contribution in [0.5, 0.6) is 0 Å². The number of para-hydroxylation sites is 1. The van der Waals surface area contributed by atoms with Gasteiger partial charge in [-0.25, -0.2) is 0 Å². The first-order chi connectivity index (χ1) is 8.72. The molecule has 1 aromatic carbocycles. The minimum absolute atomic E-state index is 0.0277. The van der Waals surface area contributed by atoms with Gasteiger partial charge in [-0.15, -0.1) is 0 Å². The number of aryl methyl sites for hydroxylation is 1. The van der Waals surface area contributed by atoms with Crippen LogP contribution in [0.3, 0.4) is 0 Å². The molecule has 0 bridgehead atoms. The summed E-state index contributed by atoms with van der Waals surface area (Å²) in [6.45, 7) is 3.09. The first kappa shape index (κ1) is 12.6. The Bertz CT molecular complexity index is 546. The first-order valence-corrected chi connectivity index (χ1v) is 6.04. The Morgan fingerprint density at radius 2 is 2.17 bits per heavy atom. The number of methoxy groups -OCH3 is 1. The lowest BCUT2D eigenvalue weighted by Gasteiger charge is -2.04. The van der Waals surface area contributed by atoms with E-state index in [9.17, 15) is 4.79 Å². The van der Waals surface area contributed by atoms with Crippen LogP contribution in [-0.4, -0.2) is 31.2 Å². The molecule has 1 heterocycles. The molecule has 18 heavy (non-hydrogen) atoms. The SMILES string of the molecule is COCCNC(=O)Cc1c(C)[nH]c2ccccc12. The smallest absolute Gasteiger partial charge is 0.224 e. The Morgan fingerprint density at radius 1 is 1.39 bits per heavy atom. The Morgan fingerprint density at radius 3 is 2.94 bits per heavy atom. The lowest BCUT2D eigenvalue weighted by atomic mass is 10.1. The monoisotopic (exact) mass is 246 g/mol. The van der Waals surface area contributed by atoms with Gasteiger partial charge < -0.3 is 15.0 Å². The minimum Gasteiger partial charge on any atom is -0.383 e. The Labute approximate surface area is 106 Å². The molecule has 1 amide bonds. The number of rotatable bonds is 5. The molecule has 0 aliphatic heterocycles. The standard InChI is InChI=1S/C14H18N2O2/c1-10-12(9-14(17)15-7-8-18-2)11-5-3-4-6-13(11)16-10/h3-6,16H,7-9H2,1-2H3,(H,15,17). The quantitative estimate of drug-likeness (QED) is 0.790. The van der Waals surface area contributed by atoms with E-state index in [1.54, 1.807) is 7.11 Å². The number of H-pyrrole nitrogens is 1. The van der Waals surface area contributed by atoms with Crippen LogP contribution in [0.2, 0.25) is 0 Å². The zero-order valence-electron chi connectivity index (χ0n) is 10.7. The highest BCUT2D eigenvalue weighted by atomic mass is 16.5. The van der Waals surface area contributed by atoms with E-state index < -0.39 is 0 Å². The summed E-state index contributed by atoms with van der Waals surface area (Å²) in [5, 5.41) is 3.96. The lowest BCUT2D eigenvalue weighted by Crippen LogP contribution is -2.28. The van der Waals surface area contributed by atoms with Gasteiger partial charge in [-0.2, -0.15) is 0 Å². The average molecular weight is 246 g/mol. The first-order valence-electron chi connectivity index (χ1n) is 6.04. The Balaban J connectivity index is 2.11. The largest absolute Gasteiger partial charge is 0.383 e. The molecule has 0 saturated heterocycles. The second-order valence-corrected chi connectivity index (χ2v) is 4.29. The van der Waals surface area contributed by atoms with Crippen LogP contribution in [0.15, 0.2) is 24.3 Å². The number of aromatic amines is 1. The van der Waals surface area contributed by atoms with Gasteiger partial charge >= 0.3 is 0 Å². The van der Waals surface area contributed by atoms with Crippen molar-refractivity contribution in [2.75, 3.05) is 20.3 Å². The second-order valence-electron chi connectivity index (χ2n) is 4.29. The van der Waals surface area contributed by atoms with Crippen LogP contribution >= 0.6 is 0 Å². The molecule has 2 N–H and O–H groups in total. The van der Waals surface area contributed by atoms with Crippen molar-refractivity contribution in [2.45, 2.75) is 13.3 Å². The molecule has 0 spiro atoms. The maximum Gasteiger partial charge on any atom is 0.224 e. The number of benzene rings is 1. The summed E-state index contributed by atoms with van der Waals surface area (Å²) in [7, 11) is 1.62. The van der Waals surface area contributed by atoms with E-state index in [4.69, 9.17) is 4.74 Å². The molecule has 2 rings (SSSR count). The van der Waals surface area contributed by atoms with E-state index in [1.165, 1.54) is 0 Å². The number of nitrogens with one attached hydrogen (secondary N) is 2. The minimum atomic E-state index is 0.0277. The van der Waals surface area contributed by atoms with Gasteiger partial charge in [-0.05, 0) is 18.6 Å². The fraction of sp³-hybridized carbons (Fsp3) is 0.357. The maximum atomic E-state index is 11.8. The third-order valence-electron chi connectivity index (χ3n) is 2.99. The van der Waals surface area contributed by atoms with Gasteiger partial charge in [-0.3, -0.25) is 4.79 Å². The summed E-state index contributed by atoms with van der Waals surface area (Å²) >= 11 is 0. The average Bonchev–Trinajstić information content (AvgIpc) is 2.67. The van der Waals surface area contributed by atoms with Crippen molar-refractivity contribution in [2.24, 2.45) is 0 Å². The fourth-order valence-corrected chi connectivity index (χ4v) is 2.08. The number of carbonyl (C=O) groups excluding carboxylic acids is 1. The third kappa shape index (κ3) is 2.71. The zero-order chi connectivity index (χ0) is 13.0. The number of hydrogen-bond donors (Lipinski definition) is 2. The number of amides is 1. The third-order valence-corrected chi connectivity index (χ3v) is 2.99. The van der Waals surface area contributed by atoms with E-state index >= 15 is 0 Å². The second kappa shape index (κ2) is 5.69. The summed E-state index contributed by atoms with van der Waals surface area (Å²) in [6, 6.07) is 8.04. The number of carbonyl (C=O) groups is 1. The molecule has 2 aromatic rings. The zero-order valence-corrected chi connectivity index (χ0v) is 10.7. The van der Waals surface area contributed by atoms with E-state index in [-0.39, 0.29) is 5.91 Å². The molecule has 0 aliphatic carbocycles. The van der Waals surface area contributed by atoms with Crippen LogP contribution in [0.1, 0.15) is 11.3 Å². The number of aromatic nitrogens is 1. The topological polar surface area (TPSA) is 54.1 Å². The predicted molar refractivity (Wildman–Crippen MR) is 71.6 cm³/mol. The van der Waals surface area contributed by atoms with E-state index in [0.717, 1.165) is 22.2 Å². The summed E-state index contributed by atoms with van der Waals surface area (Å²) in [5.41, 5.74) is 3.20. The summed E-state index contributed by atoms with van der Waals surface area (Å²) in [6.07, 6.45) is 0.402. The summed E-state index contributed by atoms with van der Waals surface area (Å²) < 4.78 is 4.90. The van der Waals surface area contributed by atoms with Crippen molar-refractivity contribution in [3.8, 4) is 0 Å². The van der Waals surface area contributed by atoms with E-state index in [2.05, 4.69) is 10.3 Å². The normalized spacial score (nSPS) is 10.8. The van der Waals surface area contributed by atoms with Crippen molar-refractivity contribution in [3.63, 3.8) is 0 Å². The van der Waals surface area contributed by atoms with Gasteiger partial charge in [0.1, 0.15) is 0 Å². The fourth-order valence-electron chi connectivity index (χ4n) is 2.08. The van der Waals surface area contributed by atoms with Crippen molar-refractivity contribution in [1.82, 2.24) is 10.3 Å². The van der Waals surface area contributed by atoms with Gasteiger partial charge in [0, 0.05) is 30.3 Å². The van der Waals surface area contributed by atoms with Crippen LogP contribution in [0.25, 0.3) is 10.9 Å². The lowest BCUT2D eigenvalue weighted by molar-refractivity contribution is -0.120. The van der Waals surface area contributed by atoms with Crippen molar-refractivity contribution < 1.29 is 9.53 Å². The highest BCUT2D eigenvalue weighted by Crippen LogP contribution is 2.22. The Hall–Kier alpha value is -1.81. The molecule has 4 heteroatoms. The Kier molecular flexibility index (Phi) is 3.99. The summed E-state index contributed by atoms with van der Waals surface area (Å²) in [4.78, 5) is 15.1. The maximum absolute atomic E-state index is 11.8. The highest BCUT2D eigenvalue weighted by molar-refractivity contribution is 5.90. The van der Waals surface area contributed by atoms with Gasteiger partial charge in [0.2, 0.25) is 5.91 Å². The van der Waals surface area contributed by atoms with Crippen molar-refractivity contribution in [1.29, 1.82) is 0 Å². The van der Waals surface area contributed by atoms with Crippen molar-refractivity contribution >= 4 is 16.8 Å². The van der Waals surface area contributed by atoms with Crippen LogP contribution in [0, 0.1) is 6.92 Å². The molecule has 96 valence electrons. The van der Waals surface area contributed by atoms with Crippen LogP contribution in [-0.2, 0) is 16.0 Å². The predicted octanol–water partition coefficient (Wildman–Crippen LogP) is 1.78.